The van der Waals surface area contributed by atoms with Crippen molar-refractivity contribution in [1.82, 2.24) is 10.6 Å². The fourth-order valence-corrected chi connectivity index (χ4v) is 3.24. The van der Waals surface area contributed by atoms with Crippen LogP contribution in [-0.2, 0) is 16.4 Å². The Morgan fingerprint density at radius 1 is 1.26 bits per heavy atom. The Morgan fingerprint density at radius 2 is 1.91 bits per heavy atom. The van der Waals surface area contributed by atoms with E-state index in [1.54, 1.807) is 12.1 Å². The van der Waals surface area contributed by atoms with Gasteiger partial charge in [-0.05, 0) is 43.9 Å². The van der Waals surface area contributed by atoms with Crippen molar-refractivity contribution in [2.24, 2.45) is 10.1 Å². The normalized spacial score (nSPS) is 16.5. The van der Waals surface area contributed by atoms with E-state index >= 15 is 0 Å². The van der Waals surface area contributed by atoms with Crippen LogP contribution in [0.25, 0.3) is 0 Å². The number of aliphatic imine (C=N–C) groups is 1. The molecule has 0 bridgehead atoms. The zero-order valence-electron chi connectivity index (χ0n) is 13.6. The van der Waals surface area contributed by atoms with E-state index in [9.17, 15) is 8.42 Å². The highest BCUT2D eigenvalue weighted by Crippen LogP contribution is 2.17. The number of rotatable bonds is 6. The first-order valence-corrected chi connectivity index (χ1v) is 9.70. The molecule has 0 saturated heterocycles. The summed E-state index contributed by atoms with van der Waals surface area (Å²) in [5.41, 5.74) is 1.04. The molecule has 7 heteroatoms. The first-order chi connectivity index (χ1) is 11.0. The highest BCUT2D eigenvalue weighted by molar-refractivity contribution is 7.89. The van der Waals surface area contributed by atoms with Gasteiger partial charge in [-0.25, -0.2) is 13.6 Å². The zero-order valence-corrected chi connectivity index (χ0v) is 14.4. The molecule has 0 heterocycles. The van der Waals surface area contributed by atoms with Crippen LogP contribution in [0.5, 0.6) is 0 Å². The second kappa shape index (κ2) is 8.31. The van der Waals surface area contributed by atoms with E-state index in [2.05, 4.69) is 22.5 Å². The molecule has 4 N–H and O–H groups in total. The first kappa shape index (κ1) is 17.7. The Morgan fingerprint density at radius 3 is 2.48 bits per heavy atom. The second-order valence-electron chi connectivity index (χ2n) is 5.83. The van der Waals surface area contributed by atoms with Crippen LogP contribution >= 0.6 is 0 Å². The topological polar surface area (TPSA) is 96.6 Å². The number of primary sulfonamides is 1. The van der Waals surface area contributed by atoms with Gasteiger partial charge in [-0.15, -0.1) is 0 Å². The van der Waals surface area contributed by atoms with E-state index in [1.165, 1.54) is 37.8 Å². The van der Waals surface area contributed by atoms with E-state index in [4.69, 9.17) is 5.14 Å². The van der Waals surface area contributed by atoms with Crippen LogP contribution in [0.15, 0.2) is 34.2 Å². The molecule has 0 radical (unpaired) electrons. The molecule has 1 saturated carbocycles. The van der Waals surface area contributed by atoms with Crippen LogP contribution in [0.1, 0.15) is 38.2 Å². The molecule has 128 valence electrons. The molecule has 0 spiro atoms. The summed E-state index contributed by atoms with van der Waals surface area (Å²) in [5, 5.41) is 11.8. The van der Waals surface area contributed by atoms with E-state index in [0.717, 1.165) is 24.5 Å². The summed E-state index contributed by atoms with van der Waals surface area (Å²) in [6.45, 7) is 3.54. The number of benzene rings is 1. The monoisotopic (exact) mass is 338 g/mol. The summed E-state index contributed by atoms with van der Waals surface area (Å²) < 4.78 is 22.4. The number of guanidine groups is 1. The van der Waals surface area contributed by atoms with E-state index in [0.29, 0.717) is 12.6 Å². The highest BCUT2D eigenvalue weighted by atomic mass is 32.2. The molecule has 6 nitrogen and oxygen atoms in total. The highest BCUT2D eigenvalue weighted by Gasteiger charge is 2.15. The summed E-state index contributed by atoms with van der Waals surface area (Å²) in [6.07, 6.45) is 5.74. The van der Waals surface area contributed by atoms with Crippen molar-refractivity contribution in [3.05, 3.63) is 29.8 Å². The molecule has 0 aromatic heterocycles. The molecular formula is C16H26N4O2S. The minimum atomic E-state index is -3.62. The quantitative estimate of drug-likeness (QED) is 0.539. The second-order valence-corrected chi connectivity index (χ2v) is 7.39. The minimum absolute atomic E-state index is 0.140. The van der Waals surface area contributed by atoms with Gasteiger partial charge in [0, 0.05) is 19.1 Å². The Hall–Kier alpha value is -1.60. The molecule has 1 aliphatic rings. The summed E-state index contributed by atoms with van der Waals surface area (Å²) in [5.74, 6) is 0.862. The maximum absolute atomic E-state index is 11.2. The van der Waals surface area contributed by atoms with Crippen LogP contribution < -0.4 is 15.8 Å². The summed E-state index contributed by atoms with van der Waals surface area (Å²) in [7, 11) is -3.62. The van der Waals surface area contributed by atoms with Gasteiger partial charge < -0.3 is 10.6 Å². The van der Waals surface area contributed by atoms with E-state index in [-0.39, 0.29) is 4.90 Å². The number of sulfonamides is 1. The van der Waals surface area contributed by atoms with E-state index in [1.807, 2.05) is 0 Å². The molecule has 1 aliphatic carbocycles. The van der Waals surface area contributed by atoms with Crippen molar-refractivity contribution < 1.29 is 8.42 Å². The molecule has 1 fully saturated rings. The van der Waals surface area contributed by atoms with Gasteiger partial charge in [0.2, 0.25) is 10.0 Å². The average molecular weight is 338 g/mol. The molecule has 23 heavy (non-hydrogen) atoms. The van der Waals surface area contributed by atoms with Gasteiger partial charge in [-0.3, -0.25) is 4.99 Å². The van der Waals surface area contributed by atoms with Crippen molar-refractivity contribution in [3.8, 4) is 0 Å². The Kier molecular flexibility index (Phi) is 6.41. The lowest BCUT2D eigenvalue weighted by Gasteiger charge is -2.16. The molecule has 1 aromatic rings. The molecule has 0 atom stereocenters. The largest absolute Gasteiger partial charge is 0.357 e. The fourth-order valence-electron chi connectivity index (χ4n) is 2.73. The van der Waals surface area contributed by atoms with Crippen LogP contribution in [0.3, 0.4) is 0 Å². The molecule has 0 aliphatic heterocycles. The van der Waals surface area contributed by atoms with Crippen molar-refractivity contribution in [3.63, 3.8) is 0 Å². The smallest absolute Gasteiger partial charge is 0.238 e. The number of nitrogens with one attached hydrogen (secondary N) is 2. The number of nitrogens with zero attached hydrogens (tertiary/aromatic N) is 1. The maximum atomic E-state index is 11.2. The average Bonchev–Trinajstić information content (AvgIpc) is 3.00. The van der Waals surface area contributed by atoms with Gasteiger partial charge in [-0.1, -0.05) is 25.0 Å². The zero-order chi connectivity index (χ0) is 16.7. The molecular weight excluding hydrogens is 312 g/mol. The number of hydrogen-bond donors (Lipinski definition) is 3. The minimum Gasteiger partial charge on any atom is -0.357 e. The fraction of sp³-hybridized carbons (Fsp3) is 0.562. The lowest BCUT2D eigenvalue weighted by atomic mass is 10.1. The van der Waals surface area contributed by atoms with E-state index < -0.39 is 10.0 Å². The number of nitrogens with two attached hydrogens (primary N) is 1. The summed E-state index contributed by atoms with van der Waals surface area (Å²) >= 11 is 0. The summed E-state index contributed by atoms with van der Waals surface area (Å²) in [4.78, 5) is 4.73. The lowest BCUT2D eigenvalue weighted by Crippen LogP contribution is -2.42. The Balaban J connectivity index is 1.89. The van der Waals surface area contributed by atoms with Crippen LogP contribution in [0.2, 0.25) is 0 Å². The third-order valence-corrected chi connectivity index (χ3v) is 4.89. The molecule has 1 aromatic carbocycles. The Bertz CT molecular complexity index is 620. The third-order valence-electron chi connectivity index (χ3n) is 3.96. The third kappa shape index (κ3) is 5.84. The lowest BCUT2D eigenvalue weighted by molar-refractivity contribution is 0.598. The molecule has 0 amide bonds. The van der Waals surface area contributed by atoms with Crippen LogP contribution in [0.4, 0.5) is 0 Å². The van der Waals surface area contributed by atoms with Crippen molar-refractivity contribution in [2.45, 2.75) is 50.0 Å². The predicted molar refractivity (Wildman–Crippen MR) is 92.9 cm³/mol. The van der Waals surface area contributed by atoms with Crippen LogP contribution in [-0.4, -0.2) is 33.5 Å². The van der Waals surface area contributed by atoms with Crippen LogP contribution in [0, 0.1) is 0 Å². The molecule has 2 rings (SSSR count). The predicted octanol–water partition coefficient (Wildman–Crippen LogP) is 1.37. The SMILES string of the molecule is CCNC(=NCCc1ccc(S(N)(=O)=O)cc1)NC1CCCC1. The van der Waals surface area contributed by atoms with Gasteiger partial charge in [0.05, 0.1) is 4.90 Å². The van der Waals surface area contributed by atoms with Gasteiger partial charge in [-0.2, -0.15) is 0 Å². The van der Waals surface area contributed by atoms with Crippen molar-refractivity contribution in [2.75, 3.05) is 13.1 Å². The van der Waals surface area contributed by atoms with Gasteiger partial charge >= 0.3 is 0 Å². The molecule has 0 unspecified atom stereocenters. The van der Waals surface area contributed by atoms with Gasteiger partial charge in [0.15, 0.2) is 5.96 Å². The van der Waals surface area contributed by atoms with Crippen molar-refractivity contribution in [1.29, 1.82) is 0 Å². The number of hydrogen-bond acceptors (Lipinski definition) is 3. The van der Waals surface area contributed by atoms with Gasteiger partial charge in [0.1, 0.15) is 0 Å². The first-order valence-electron chi connectivity index (χ1n) is 8.15. The maximum Gasteiger partial charge on any atom is 0.238 e. The Labute approximate surface area is 138 Å². The van der Waals surface area contributed by atoms with Crippen molar-refractivity contribution >= 4 is 16.0 Å². The standard InChI is InChI=1S/C16H26N4O2S/c1-2-18-16(20-14-5-3-4-6-14)19-12-11-13-7-9-15(10-8-13)23(17,21)22/h7-10,14H,2-6,11-12H2,1H3,(H2,17,21,22)(H2,18,19,20). The summed E-state index contributed by atoms with van der Waals surface area (Å²) in [6, 6.07) is 7.17. The van der Waals surface area contributed by atoms with Gasteiger partial charge in [0.25, 0.3) is 0 Å².